The summed E-state index contributed by atoms with van der Waals surface area (Å²) in [4.78, 5) is 14.7. The summed E-state index contributed by atoms with van der Waals surface area (Å²) in [6.07, 6.45) is 1.88. The first-order valence-electron chi connectivity index (χ1n) is 13.8. The number of piperidine rings is 1. The summed E-state index contributed by atoms with van der Waals surface area (Å²) in [5.41, 5.74) is 3.95. The maximum absolute atomic E-state index is 15.0. The van der Waals surface area contributed by atoms with Gasteiger partial charge in [0.25, 0.3) is 5.91 Å². The Morgan fingerprint density at radius 3 is 2.67 bits per heavy atom. The first-order chi connectivity index (χ1) is 19.0. The monoisotopic (exact) mass is 532 g/mol. The van der Waals surface area contributed by atoms with Crippen molar-refractivity contribution in [3.05, 3.63) is 94.8 Å². The van der Waals surface area contributed by atoms with Crippen LogP contribution in [0.25, 0.3) is 0 Å². The van der Waals surface area contributed by atoms with Gasteiger partial charge in [0.15, 0.2) is 11.6 Å². The van der Waals surface area contributed by atoms with E-state index in [-0.39, 0.29) is 35.4 Å². The van der Waals surface area contributed by atoms with Crippen LogP contribution in [0.1, 0.15) is 46.3 Å². The molecule has 5 rings (SSSR count). The van der Waals surface area contributed by atoms with Crippen LogP contribution in [-0.4, -0.2) is 56.9 Å². The number of carbonyl (C=O) groups excluding carboxylic acids is 1. The van der Waals surface area contributed by atoms with Crippen molar-refractivity contribution < 1.29 is 23.4 Å². The smallest absolute Gasteiger partial charge is 0.252 e. The Hall–Kier alpha value is -3.42. The lowest BCUT2D eigenvalue weighted by atomic mass is 9.76. The molecule has 2 aliphatic heterocycles. The van der Waals surface area contributed by atoms with Crippen molar-refractivity contribution in [1.29, 1.82) is 0 Å². The van der Waals surface area contributed by atoms with Crippen LogP contribution in [0.15, 0.2) is 66.7 Å². The van der Waals surface area contributed by atoms with Crippen molar-refractivity contribution in [2.45, 2.75) is 38.3 Å². The molecule has 1 fully saturated rings. The van der Waals surface area contributed by atoms with Crippen molar-refractivity contribution in [3.8, 4) is 11.5 Å². The third-order valence-corrected chi connectivity index (χ3v) is 8.11. The number of benzene rings is 3. The molecule has 1 amide bonds. The maximum atomic E-state index is 15.0. The fraction of sp³-hybridized carbons (Fsp3) is 0.406. The number of amides is 1. The van der Waals surface area contributed by atoms with Gasteiger partial charge in [-0.2, -0.15) is 0 Å². The number of carbonyl (C=O) groups is 1. The maximum Gasteiger partial charge on any atom is 0.252 e. The van der Waals surface area contributed by atoms with Crippen LogP contribution < -0.4 is 14.8 Å². The van der Waals surface area contributed by atoms with Crippen molar-refractivity contribution in [1.82, 2.24) is 10.2 Å². The highest BCUT2D eigenvalue weighted by atomic mass is 19.1. The Kier molecular flexibility index (Phi) is 8.79. The van der Waals surface area contributed by atoms with Crippen LogP contribution in [0.3, 0.4) is 0 Å². The molecule has 0 aromatic heterocycles. The van der Waals surface area contributed by atoms with Gasteiger partial charge in [-0.15, -0.1) is 0 Å². The largest absolute Gasteiger partial charge is 0.493 e. The molecule has 3 unspecified atom stereocenters. The molecule has 0 saturated carbocycles. The zero-order valence-corrected chi connectivity index (χ0v) is 22.7. The molecule has 2 heterocycles. The highest BCUT2D eigenvalue weighted by Gasteiger charge is 2.37. The second-order valence-electron chi connectivity index (χ2n) is 10.4. The molecule has 0 aliphatic carbocycles. The Bertz CT molecular complexity index is 1270. The van der Waals surface area contributed by atoms with Gasteiger partial charge in [-0.1, -0.05) is 42.5 Å². The molecule has 3 aromatic rings. The second-order valence-corrected chi connectivity index (χ2v) is 10.4. The Morgan fingerprint density at radius 1 is 1.03 bits per heavy atom. The lowest BCUT2D eigenvalue weighted by Gasteiger charge is -2.44. The molecule has 1 N–H and O–H groups in total. The molecule has 0 bridgehead atoms. The molecule has 39 heavy (non-hydrogen) atoms. The number of hydrogen-bond acceptors (Lipinski definition) is 5. The number of ether oxygens (including phenoxy) is 3. The van der Waals surface area contributed by atoms with E-state index >= 15 is 4.39 Å². The predicted octanol–water partition coefficient (Wildman–Crippen LogP) is 5.21. The standard InChI is InChI=1S/C32H37FN2O4/c1-22-29(21-39-26-10-8-25-20-34-32(36)28(25)19-26)27(13-15-35(22)14-12-23-6-4-3-5-7-23)24-9-11-31(30(33)18-24)38-17-16-37-2/h3-11,18-19,22,27,29H,12-17,20-21H2,1-2H3,(H,34,36). The first kappa shape index (κ1) is 27.2. The molecule has 6 nitrogen and oxygen atoms in total. The van der Waals surface area contributed by atoms with Crippen LogP contribution in [0.4, 0.5) is 4.39 Å². The summed E-state index contributed by atoms with van der Waals surface area (Å²) in [6.45, 7) is 5.88. The van der Waals surface area contributed by atoms with Gasteiger partial charge in [0.05, 0.1) is 13.2 Å². The van der Waals surface area contributed by atoms with Crippen molar-refractivity contribution in [3.63, 3.8) is 0 Å². The number of likely N-dealkylation sites (tertiary alicyclic amines) is 1. The number of halogens is 1. The van der Waals surface area contributed by atoms with Gasteiger partial charge in [-0.25, -0.2) is 4.39 Å². The first-order valence-corrected chi connectivity index (χ1v) is 13.8. The number of hydrogen-bond donors (Lipinski definition) is 1. The molecular formula is C32H37FN2O4. The van der Waals surface area contributed by atoms with E-state index in [0.717, 1.165) is 37.1 Å². The van der Waals surface area contributed by atoms with E-state index in [9.17, 15) is 4.79 Å². The van der Waals surface area contributed by atoms with Crippen molar-refractivity contribution in [2.24, 2.45) is 5.92 Å². The molecular weight excluding hydrogens is 495 g/mol. The van der Waals surface area contributed by atoms with E-state index < -0.39 is 0 Å². The number of rotatable bonds is 11. The van der Waals surface area contributed by atoms with E-state index in [1.165, 1.54) is 5.56 Å². The summed E-state index contributed by atoms with van der Waals surface area (Å²) in [5, 5.41) is 2.86. The minimum Gasteiger partial charge on any atom is -0.493 e. The van der Waals surface area contributed by atoms with Gasteiger partial charge in [-0.05, 0) is 73.2 Å². The molecule has 3 aromatic carbocycles. The number of fused-ring (bicyclic) bond motifs is 1. The molecule has 1 saturated heterocycles. The fourth-order valence-electron chi connectivity index (χ4n) is 5.81. The highest BCUT2D eigenvalue weighted by Crippen LogP contribution is 2.39. The van der Waals surface area contributed by atoms with Gasteiger partial charge >= 0.3 is 0 Å². The fourth-order valence-corrected chi connectivity index (χ4v) is 5.81. The van der Waals surface area contributed by atoms with Crippen LogP contribution >= 0.6 is 0 Å². The molecule has 7 heteroatoms. The van der Waals surface area contributed by atoms with Gasteiger partial charge < -0.3 is 19.5 Å². The van der Waals surface area contributed by atoms with Crippen LogP contribution in [0.5, 0.6) is 11.5 Å². The van der Waals surface area contributed by atoms with E-state index in [4.69, 9.17) is 14.2 Å². The molecule has 3 atom stereocenters. The zero-order chi connectivity index (χ0) is 27.2. The third-order valence-electron chi connectivity index (χ3n) is 8.11. The average Bonchev–Trinajstić information content (AvgIpc) is 3.33. The van der Waals surface area contributed by atoms with Crippen molar-refractivity contribution >= 4 is 5.91 Å². The molecule has 0 radical (unpaired) electrons. The minimum absolute atomic E-state index is 0.0604. The topological polar surface area (TPSA) is 60.0 Å². The lowest BCUT2D eigenvalue weighted by molar-refractivity contribution is 0.0569. The predicted molar refractivity (Wildman–Crippen MR) is 149 cm³/mol. The summed E-state index contributed by atoms with van der Waals surface area (Å²) in [7, 11) is 1.59. The van der Waals surface area contributed by atoms with Crippen molar-refractivity contribution in [2.75, 3.05) is 40.0 Å². The second kappa shape index (κ2) is 12.6. The molecule has 206 valence electrons. The summed E-state index contributed by atoms with van der Waals surface area (Å²) >= 11 is 0. The quantitative estimate of drug-likeness (QED) is 0.344. The Balaban J connectivity index is 1.33. The SMILES string of the molecule is COCCOc1ccc(C2CCN(CCc3ccccc3)C(C)C2COc2ccc3c(c2)C(=O)NC3)cc1F. The number of methoxy groups -OCH3 is 1. The summed E-state index contributed by atoms with van der Waals surface area (Å²) in [5.74, 6) is 0.783. The molecule has 2 aliphatic rings. The Labute approximate surface area is 230 Å². The normalized spacial score (nSPS) is 20.9. The van der Waals surface area contributed by atoms with Crippen LogP contribution in [-0.2, 0) is 17.7 Å². The van der Waals surface area contributed by atoms with Gasteiger partial charge in [0.2, 0.25) is 0 Å². The van der Waals surface area contributed by atoms with E-state index in [2.05, 4.69) is 41.4 Å². The van der Waals surface area contributed by atoms with Gasteiger partial charge in [0.1, 0.15) is 12.4 Å². The Morgan fingerprint density at radius 2 is 1.87 bits per heavy atom. The van der Waals surface area contributed by atoms with Gasteiger partial charge in [-0.3, -0.25) is 9.69 Å². The third kappa shape index (κ3) is 6.43. The van der Waals surface area contributed by atoms with E-state index in [1.54, 1.807) is 19.2 Å². The van der Waals surface area contributed by atoms with Crippen LogP contribution in [0, 0.1) is 11.7 Å². The minimum atomic E-state index is -0.355. The number of nitrogens with zero attached hydrogens (tertiary/aromatic N) is 1. The highest BCUT2D eigenvalue weighted by molar-refractivity contribution is 5.98. The zero-order valence-electron chi connectivity index (χ0n) is 22.7. The average molecular weight is 533 g/mol. The lowest BCUT2D eigenvalue weighted by Crippen LogP contribution is -2.49. The summed E-state index contributed by atoms with van der Waals surface area (Å²) < 4.78 is 31.9. The number of nitrogens with one attached hydrogen (secondary N) is 1. The van der Waals surface area contributed by atoms with Crippen LogP contribution in [0.2, 0.25) is 0 Å². The molecule has 0 spiro atoms. The van der Waals surface area contributed by atoms with E-state index in [0.29, 0.717) is 37.7 Å². The summed E-state index contributed by atoms with van der Waals surface area (Å²) in [6, 6.07) is 21.8. The van der Waals surface area contributed by atoms with Gasteiger partial charge in [0, 0.05) is 37.7 Å². The van der Waals surface area contributed by atoms with E-state index in [1.807, 2.05) is 30.3 Å².